The Kier molecular flexibility index (Phi) is 33.6. The van der Waals surface area contributed by atoms with Crippen LogP contribution in [0.2, 0.25) is 0 Å². The average Bonchev–Trinajstić information content (AvgIpc) is 3.62. The molecule has 0 radical (unpaired) electrons. The fourth-order valence-corrected chi connectivity index (χ4v) is 6.42. The van der Waals surface area contributed by atoms with E-state index < -0.39 is 0 Å². The Morgan fingerprint density at radius 3 is 1.35 bits per heavy atom. The van der Waals surface area contributed by atoms with Crippen molar-refractivity contribution in [2.24, 2.45) is 0 Å². The van der Waals surface area contributed by atoms with Gasteiger partial charge in [0.15, 0.2) is 0 Å². The maximum absolute atomic E-state index is 13.0. The lowest BCUT2D eigenvalue weighted by molar-refractivity contribution is 0.0969. The third-order valence-corrected chi connectivity index (χ3v) is 9.56. The molecule has 0 bridgehead atoms. The van der Waals surface area contributed by atoms with Crippen LogP contribution in [0.25, 0.3) is 0 Å². The van der Waals surface area contributed by atoms with Gasteiger partial charge < -0.3 is 14.5 Å². The molecule has 0 atom stereocenters. The molecule has 1 fully saturated rings. The van der Waals surface area contributed by atoms with Gasteiger partial charge in [0.25, 0.3) is 0 Å². The Balaban J connectivity index is 2.15. The van der Waals surface area contributed by atoms with E-state index in [0.717, 1.165) is 51.7 Å². The summed E-state index contributed by atoms with van der Waals surface area (Å²) in [4.78, 5) is 17.5. The van der Waals surface area contributed by atoms with Gasteiger partial charge in [0.1, 0.15) is 0 Å². The van der Waals surface area contributed by atoms with Crippen LogP contribution in [0.15, 0.2) is 48.6 Å². The average molecular weight is 669 g/mol. The van der Waals surface area contributed by atoms with Gasteiger partial charge in [0.2, 0.25) is 0 Å². The maximum Gasteiger partial charge on any atom is 0.409 e. The van der Waals surface area contributed by atoms with Gasteiger partial charge in [0, 0.05) is 19.6 Å². The fourth-order valence-electron chi connectivity index (χ4n) is 6.42. The highest BCUT2D eigenvalue weighted by Gasteiger charge is 2.15. The van der Waals surface area contributed by atoms with E-state index in [2.05, 4.69) is 67.4 Å². The van der Waals surface area contributed by atoms with Crippen LogP contribution in [0.5, 0.6) is 0 Å². The second-order valence-electron chi connectivity index (χ2n) is 14.2. The largest absolute Gasteiger partial charge is 0.449 e. The number of unbranched alkanes of at least 4 members (excludes halogenated alkanes) is 18. The summed E-state index contributed by atoms with van der Waals surface area (Å²) in [5, 5.41) is 0. The molecule has 0 N–H and O–H groups in total. The second kappa shape index (κ2) is 36.5. The van der Waals surface area contributed by atoms with Gasteiger partial charge in [-0.3, -0.25) is 0 Å². The molecular weight excluding hydrogens is 588 g/mol. The Morgan fingerprint density at radius 2 is 0.917 bits per heavy atom. The van der Waals surface area contributed by atoms with E-state index >= 15 is 0 Å². The van der Waals surface area contributed by atoms with E-state index in [1.165, 1.54) is 154 Å². The highest BCUT2D eigenvalue weighted by atomic mass is 16.6. The van der Waals surface area contributed by atoms with E-state index in [4.69, 9.17) is 4.74 Å². The van der Waals surface area contributed by atoms with E-state index in [1.54, 1.807) is 0 Å². The lowest BCUT2D eigenvalue weighted by atomic mass is 10.1. The number of nitrogens with zero attached hydrogens (tertiary/aromatic N) is 2. The zero-order valence-corrected chi connectivity index (χ0v) is 32.2. The van der Waals surface area contributed by atoms with Crippen LogP contribution in [0, 0.1) is 0 Å². The fraction of sp³-hybridized carbons (Fsp3) is 0.795. The van der Waals surface area contributed by atoms with E-state index in [1.807, 2.05) is 4.90 Å². The number of carbonyl (C=O) groups excluding carboxylic acids is 1. The summed E-state index contributed by atoms with van der Waals surface area (Å²) in [7, 11) is 0. The predicted octanol–water partition coefficient (Wildman–Crippen LogP) is 13.5. The molecule has 0 aromatic rings. The van der Waals surface area contributed by atoms with E-state index in [9.17, 15) is 4.79 Å². The minimum atomic E-state index is -0.0818. The van der Waals surface area contributed by atoms with Crippen molar-refractivity contribution in [3.63, 3.8) is 0 Å². The third kappa shape index (κ3) is 30.3. The minimum Gasteiger partial charge on any atom is -0.449 e. The van der Waals surface area contributed by atoms with Crippen molar-refractivity contribution in [3.05, 3.63) is 48.6 Å². The quantitative estimate of drug-likeness (QED) is 0.0505. The zero-order valence-electron chi connectivity index (χ0n) is 32.2. The van der Waals surface area contributed by atoms with Crippen LogP contribution in [-0.4, -0.2) is 55.2 Å². The monoisotopic (exact) mass is 669 g/mol. The molecule has 0 aromatic carbocycles. The molecular formula is C44H80N2O2. The van der Waals surface area contributed by atoms with Crippen molar-refractivity contribution >= 4 is 6.09 Å². The van der Waals surface area contributed by atoms with Crippen LogP contribution in [-0.2, 0) is 4.74 Å². The van der Waals surface area contributed by atoms with Crippen molar-refractivity contribution in [3.8, 4) is 0 Å². The van der Waals surface area contributed by atoms with Crippen molar-refractivity contribution in [1.29, 1.82) is 0 Å². The summed E-state index contributed by atoms with van der Waals surface area (Å²) in [6.45, 7) is 10.3. The van der Waals surface area contributed by atoms with Gasteiger partial charge in [-0.15, -0.1) is 0 Å². The normalized spacial score (nSPS) is 14.1. The Labute approximate surface area is 299 Å². The number of hydrogen-bond acceptors (Lipinski definition) is 3. The van der Waals surface area contributed by atoms with Crippen LogP contribution in [0.3, 0.4) is 0 Å². The van der Waals surface area contributed by atoms with Crippen LogP contribution < -0.4 is 0 Å². The smallest absolute Gasteiger partial charge is 0.409 e. The van der Waals surface area contributed by atoms with Crippen LogP contribution in [0.4, 0.5) is 4.79 Å². The van der Waals surface area contributed by atoms with Crippen molar-refractivity contribution in [2.45, 2.75) is 187 Å². The number of amides is 1. The molecule has 1 heterocycles. The standard InChI is InChI=1S/C44H80N2O2/c1-3-5-7-9-11-13-15-17-19-21-23-25-27-29-31-33-41-46(44(47)48-43-37-40-45-38-35-36-39-45)42-34-32-30-28-26-24-22-20-18-16-14-12-10-8-6-4-2/h11-14,17-20H,3-10,15-16,21-43H2,1-2H3. The topological polar surface area (TPSA) is 32.8 Å². The highest BCUT2D eigenvalue weighted by molar-refractivity contribution is 5.67. The van der Waals surface area contributed by atoms with Gasteiger partial charge in [-0.25, -0.2) is 4.79 Å². The molecule has 278 valence electrons. The number of hydrogen-bond donors (Lipinski definition) is 0. The molecule has 1 rings (SSSR count). The van der Waals surface area contributed by atoms with Gasteiger partial charge >= 0.3 is 6.09 Å². The maximum atomic E-state index is 13.0. The molecule has 1 aliphatic heterocycles. The highest BCUT2D eigenvalue weighted by Crippen LogP contribution is 2.13. The lowest BCUT2D eigenvalue weighted by Crippen LogP contribution is -2.34. The van der Waals surface area contributed by atoms with Crippen LogP contribution in [0.1, 0.15) is 187 Å². The summed E-state index contributed by atoms with van der Waals surface area (Å²) >= 11 is 0. The molecule has 4 nitrogen and oxygen atoms in total. The molecule has 0 unspecified atom stereocenters. The third-order valence-electron chi connectivity index (χ3n) is 9.56. The van der Waals surface area contributed by atoms with Gasteiger partial charge in [0.05, 0.1) is 6.61 Å². The number of carbonyl (C=O) groups is 1. The lowest BCUT2D eigenvalue weighted by Gasteiger charge is -2.23. The van der Waals surface area contributed by atoms with Crippen molar-refractivity contribution in [1.82, 2.24) is 9.80 Å². The minimum absolute atomic E-state index is 0.0818. The van der Waals surface area contributed by atoms with Crippen molar-refractivity contribution < 1.29 is 9.53 Å². The summed E-state index contributed by atoms with van der Waals surface area (Å²) in [6, 6.07) is 0. The SMILES string of the molecule is CCCCCC=CCC=CCCCCCCCCN(CCCCCCCCC=CCC=CCCCCC)C(=O)OCCCN1CCCC1. The summed E-state index contributed by atoms with van der Waals surface area (Å²) in [5.41, 5.74) is 0. The van der Waals surface area contributed by atoms with Crippen LogP contribution >= 0.6 is 0 Å². The predicted molar refractivity (Wildman–Crippen MR) is 212 cm³/mol. The Bertz CT molecular complexity index is 748. The molecule has 48 heavy (non-hydrogen) atoms. The van der Waals surface area contributed by atoms with Gasteiger partial charge in [-0.1, -0.05) is 140 Å². The Morgan fingerprint density at radius 1 is 0.521 bits per heavy atom. The number of likely N-dealkylation sites (tertiary alicyclic amines) is 1. The molecule has 0 saturated carbocycles. The van der Waals surface area contributed by atoms with E-state index in [-0.39, 0.29) is 6.09 Å². The molecule has 0 aromatic heterocycles. The van der Waals surface area contributed by atoms with Crippen molar-refractivity contribution in [2.75, 3.05) is 39.3 Å². The number of rotatable bonds is 34. The van der Waals surface area contributed by atoms with Gasteiger partial charge in [-0.2, -0.15) is 0 Å². The molecule has 1 amide bonds. The molecule has 0 spiro atoms. The summed E-state index contributed by atoms with van der Waals surface area (Å²) in [5.74, 6) is 0. The van der Waals surface area contributed by atoms with E-state index in [0.29, 0.717) is 6.61 Å². The first-order valence-electron chi connectivity index (χ1n) is 21.0. The first-order valence-corrected chi connectivity index (χ1v) is 21.0. The summed E-state index contributed by atoms with van der Waals surface area (Å²) < 4.78 is 5.76. The molecule has 1 saturated heterocycles. The number of allylic oxidation sites excluding steroid dienone is 8. The summed E-state index contributed by atoms with van der Waals surface area (Å²) in [6.07, 6.45) is 52.1. The second-order valence-corrected chi connectivity index (χ2v) is 14.2. The molecule has 0 aliphatic carbocycles. The zero-order chi connectivity index (χ0) is 34.4. The van der Waals surface area contributed by atoms with Gasteiger partial charge in [-0.05, 0) is 109 Å². The first kappa shape index (κ1) is 44.2. The molecule has 1 aliphatic rings. The Hall–Kier alpha value is -1.81. The first-order chi connectivity index (χ1) is 23.8. The number of ether oxygens (including phenoxy) is 1. The molecule has 4 heteroatoms.